The third kappa shape index (κ3) is 33.3. The Labute approximate surface area is 835 Å². The smallest absolute Gasteiger partial charge is 0.343 e. The molecular formula is C87H88I5O36S5-5. The lowest BCUT2D eigenvalue weighted by Crippen LogP contribution is -2.55. The van der Waals surface area contributed by atoms with Crippen molar-refractivity contribution in [3.63, 3.8) is 0 Å². The second-order valence-corrected chi connectivity index (χ2v) is 47.0. The molecule has 0 radical (unpaired) electrons. The molecule has 10 aliphatic carbocycles. The number of halogens is 5. The Morgan fingerprint density at radius 3 is 0.835 bits per heavy atom. The quantitative estimate of drug-likeness (QED) is 0.0133. The Kier molecular flexibility index (Phi) is 38.9. The summed E-state index contributed by atoms with van der Waals surface area (Å²) in [6.07, 6.45) is 17.6. The van der Waals surface area contributed by atoms with Gasteiger partial charge in [0.05, 0.1) is 108 Å². The van der Waals surface area contributed by atoms with Crippen LogP contribution in [0.4, 0.5) is 0 Å². The van der Waals surface area contributed by atoms with Gasteiger partial charge < -0.3 is 70.1 Å². The van der Waals surface area contributed by atoms with Gasteiger partial charge in [-0.2, -0.15) is 0 Å². The summed E-state index contributed by atoms with van der Waals surface area (Å²) in [4.78, 5) is 136. The van der Waals surface area contributed by atoms with Crippen molar-refractivity contribution < 1.29 is 165 Å². The van der Waals surface area contributed by atoms with Crippen LogP contribution in [0.3, 0.4) is 0 Å². The SMILES string of the molecule is O=C(OCCS(=O)(=O)[O-])c1ccc(I)cc1OC(=O)C12CC3CC(C1)C(=O)C(C3)C2.O=C(OCCS(=O)(=O)[O-])c1ccc(I)cc1OC(=O)C12CC3CC(CC(C3)C1)C2.O=C(OCCS(=O)(=O)[O-])c1ccc(I)cc1OC(=O)C1CCCC1.O=C(OCCS(=O)(=O)[O-])c1ccc(I)cc1OC(=O)C1CCCCC1.O=C(Oc1cc(I)ccc1C(=O)OCCS(=O)(=O)[O-])c1ccccc1. The van der Waals surface area contributed by atoms with Crippen molar-refractivity contribution in [2.24, 2.45) is 58.2 Å². The first-order chi connectivity index (χ1) is 62.5. The lowest BCUT2D eigenvalue weighted by molar-refractivity contribution is -0.167. The van der Waals surface area contributed by atoms with Crippen molar-refractivity contribution in [2.45, 2.75) is 128 Å². The molecule has 16 rings (SSSR count). The molecule has 10 saturated carbocycles. The Morgan fingerprint density at radius 1 is 0.308 bits per heavy atom. The Bertz CT molecular complexity index is 5910. The van der Waals surface area contributed by atoms with Gasteiger partial charge in [0.25, 0.3) is 0 Å². The minimum Gasteiger partial charge on any atom is -0.748 e. The molecule has 722 valence electrons. The van der Waals surface area contributed by atoms with E-state index in [9.17, 15) is 118 Å². The van der Waals surface area contributed by atoms with Gasteiger partial charge in [0, 0.05) is 29.7 Å². The molecule has 8 bridgehead atoms. The topological polar surface area (TPSA) is 566 Å². The Morgan fingerprint density at radius 2 is 0.556 bits per heavy atom. The lowest BCUT2D eigenvalue weighted by atomic mass is 9.49. The van der Waals surface area contributed by atoms with Gasteiger partial charge in [-0.25, -0.2) is 70.9 Å². The maximum Gasteiger partial charge on any atom is 0.343 e. The first kappa shape index (κ1) is 108. The summed E-state index contributed by atoms with van der Waals surface area (Å²) in [6.45, 7) is -2.80. The second-order valence-electron chi connectivity index (χ2n) is 33.1. The van der Waals surface area contributed by atoms with E-state index in [2.05, 4.69) is 22.6 Å². The van der Waals surface area contributed by atoms with Crippen LogP contribution in [-0.2, 0) is 98.2 Å². The highest BCUT2D eigenvalue weighted by molar-refractivity contribution is 14.1. The highest BCUT2D eigenvalue weighted by Crippen LogP contribution is 2.61. The average molecular weight is 2500 g/mol. The monoisotopic (exact) mass is 2500 g/mol. The second kappa shape index (κ2) is 48.0. The lowest BCUT2D eigenvalue weighted by Gasteiger charge is -2.55. The molecule has 0 aliphatic heterocycles. The zero-order valence-corrected chi connectivity index (χ0v) is 85.4. The predicted octanol–water partition coefficient (Wildman–Crippen LogP) is 12.2. The van der Waals surface area contributed by atoms with E-state index in [0.29, 0.717) is 52.1 Å². The minimum absolute atomic E-state index is 0.0178. The molecule has 0 spiro atoms. The molecule has 0 heterocycles. The van der Waals surface area contributed by atoms with Crippen molar-refractivity contribution >= 4 is 229 Å². The van der Waals surface area contributed by atoms with Gasteiger partial charge in [-0.05, 0) is 336 Å². The number of rotatable bonds is 30. The molecule has 6 aromatic rings. The van der Waals surface area contributed by atoms with E-state index in [4.69, 9.17) is 47.4 Å². The summed E-state index contributed by atoms with van der Waals surface area (Å²) >= 11 is 10.1. The fourth-order valence-electron chi connectivity index (χ4n) is 17.7. The van der Waals surface area contributed by atoms with Gasteiger partial charge in [0.15, 0.2) is 0 Å². The number of carbonyl (C=O) groups excluding carboxylic acids is 11. The summed E-state index contributed by atoms with van der Waals surface area (Å²) in [5.74, 6) is -8.34. The maximum atomic E-state index is 13.2. The van der Waals surface area contributed by atoms with E-state index in [-0.39, 0.29) is 104 Å². The molecule has 2 atom stereocenters. The summed E-state index contributed by atoms with van der Waals surface area (Å²) in [5, 5.41) is 0. The summed E-state index contributed by atoms with van der Waals surface area (Å²) < 4.78 is 214. The normalized spacial score (nSPS) is 21.0. The molecule has 10 aliphatic rings. The first-order valence-corrected chi connectivity index (χ1v) is 55.0. The van der Waals surface area contributed by atoms with Crippen LogP contribution < -0.4 is 23.7 Å². The van der Waals surface area contributed by atoms with Gasteiger partial charge >= 0.3 is 59.7 Å². The number of hydrogen-bond donors (Lipinski definition) is 0. The van der Waals surface area contributed by atoms with Crippen molar-refractivity contribution in [3.05, 3.63) is 173 Å². The number of hydrogen-bond acceptors (Lipinski definition) is 36. The zero-order valence-electron chi connectivity index (χ0n) is 70.5. The fourth-order valence-corrected chi connectivity index (χ4v) is 21.5. The molecular weight excluding hydrogens is 2420 g/mol. The van der Waals surface area contributed by atoms with E-state index in [0.717, 1.165) is 104 Å². The predicted molar refractivity (Wildman–Crippen MR) is 504 cm³/mol. The highest BCUT2D eigenvalue weighted by atomic mass is 127. The molecule has 2 unspecified atom stereocenters. The van der Waals surface area contributed by atoms with Crippen LogP contribution in [0.1, 0.15) is 191 Å². The number of benzene rings is 6. The van der Waals surface area contributed by atoms with E-state index < -0.39 is 165 Å². The van der Waals surface area contributed by atoms with E-state index in [1.54, 1.807) is 72.8 Å². The number of ketones is 1. The number of Topliss-reactive ketones (excluding diaryl/α,β-unsaturated/α-hetero) is 1. The number of ether oxygens (including phenoxy) is 10. The van der Waals surface area contributed by atoms with E-state index in [1.165, 1.54) is 67.8 Å². The van der Waals surface area contributed by atoms with Gasteiger partial charge in [0.1, 0.15) is 95.4 Å². The molecule has 6 aromatic carbocycles. The zero-order chi connectivity index (χ0) is 97.1. The largest absolute Gasteiger partial charge is 0.748 e. The molecule has 10 fully saturated rings. The summed E-state index contributed by atoms with van der Waals surface area (Å²) in [5.41, 5.74) is -0.846. The third-order valence-electron chi connectivity index (χ3n) is 23.2. The highest BCUT2D eigenvalue weighted by Gasteiger charge is 2.60. The Balaban J connectivity index is 0.000000173. The average Bonchev–Trinajstić information content (AvgIpc) is 0.777. The van der Waals surface area contributed by atoms with Crippen LogP contribution in [0, 0.1) is 76.0 Å². The molecule has 0 N–H and O–H groups in total. The molecule has 0 aromatic heterocycles. The molecule has 0 amide bonds. The Hall–Kier alpha value is -7.11. The van der Waals surface area contributed by atoms with Gasteiger partial charge in [0.2, 0.25) is 0 Å². The van der Waals surface area contributed by atoms with Gasteiger partial charge in [-0.3, -0.25) is 24.0 Å². The maximum absolute atomic E-state index is 13.2. The van der Waals surface area contributed by atoms with Crippen molar-refractivity contribution in [3.8, 4) is 28.7 Å². The van der Waals surface area contributed by atoms with Crippen LogP contribution in [0.15, 0.2) is 121 Å². The molecule has 46 heteroatoms. The molecule has 36 nitrogen and oxygen atoms in total. The van der Waals surface area contributed by atoms with Crippen LogP contribution in [0.25, 0.3) is 0 Å². The standard InChI is InChI=1S/C20H21IO8S.C20H23IO7S.C16H19IO7S.C16H13IO7S.C15H17IO7S/c21-14-1-2-15(18(23)28-3-4-30(25,26)27)16(7-14)29-19(24)20-8-11-5-12(9-20)17(22)13(6-11)10-20;21-15-1-2-16(18(22)27-3-4-29(24,25)26)17(8-15)28-19(23)20-9-12-5-13(10-20)7-14(6-12)11-20;2*17-12-6-7-13(16(19)23-8-9-25(20,21)22)14(10-12)24-15(18)11-4-2-1-3-5-11;16-11-5-6-12(15(18)22-7-8-24(19,20)21)13(9-11)23-14(17)10-3-1-2-4-10/h1-2,7,11-13H,3-6,8-10H2,(H,25,26,27);1-2,8,12-14H,3-7,9-11H2,(H,24,25,26);6-7,10-11H,1-5,8-9H2,(H,20,21,22);1-7,10H,8-9H2,(H,20,21,22);5-6,9-10H,1-4,7-8H2,(H,19,20,21)/p-5. The van der Waals surface area contributed by atoms with Crippen molar-refractivity contribution in [2.75, 3.05) is 61.8 Å². The van der Waals surface area contributed by atoms with Crippen LogP contribution in [-0.4, -0.2) is 192 Å². The van der Waals surface area contributed by atoms with Crippen molar-refractivity contribution in [1.82, 2.24) is 0 Å². The van der Waals surface area contributed by atoms with E-state index in [1.807, 2.05) is 90.4 Å². The fraction of sp³-hybridized carbons (Fsp3) is 0.460. The van der Waals surface area contributed by atoms with E-state index >= 15 is 0 Å². The van der Waals surface area contributed by atoms with Gasteiger partial charge in [-0.1, -0.05) is 50.3 Å². The molecule has 133 heavy (non-hydrogen) atoms. The molecule has 0 saturated heterocycles. The van der Waals surface area contributed by atoms with Crippen LogP contribution in [0.2, 0.25) is 0 Å². The minimum atomic E-state index is -4.51. The number of esters is 10. The van der Waals surface area contributed by atoms with Gasteiger partial charge in [-0.15, -0.1) is 0 Å². The third-order valence-corrected chi connectivity index (χ3v) is 29.9. The van der Waals surface area contributed by atoms with Crippen LogP contribution >= 0.6 is 113 Å². The summed E-state index contributed by atoms with van der Waals surface area (Å²) in [6, 6.07) is 31.3. The summed E-state index contributed by atoms with van der Waals surface area (Å²) in [7, 11) is -22.4. The number of carbonyl (C=O) groups is 11. The van der Waals surface area contributed by atoms with Crippen LogP contribution in [0.5, 0.6) is 28.7 Å². The van der Waals surface area contributed by atoms with Crippen molar-refractivity contribution in [1.29, 1.82) is 0 Å². The first-order valence-electron chi connectivity index (χ1n) is 41.7.